The minimum absolute atomic E-state index is 0.0129. The first kappa shape index (κ1) is 16.3. The summed E-state index contributed by atoms with van der Waals surface area (Å²) in [6.45, 7) is 5.47. The summed E-state index contributed by atoms with van der Waals surface area (Å²) in [6.07, 6.45) is 1.42. The van der Waals surface area contributed by atoms with Gasteiger partial charge >= 0.3 is 5.97 Å². The average molecular weight is 333 g/mol. The van der Waals surface area contributed by atoms with Crippen molar-refractivity contribution in [3.05, 3.63) is 12.0 Å². The number of hydrogen-bond acceptors (Lipinski definition) is 5. The van der Waals surface area contributed by atoms with Crippen LogP contribution in [-0.2, 0) is 21.9 Å². The number of sulfonamides is 1. The van der Waals surface area contributed by atoms with Crippen molar-refractivity contribution in [2.24, 2.45) is 13.0 Å². The smallest absolute Gasteiger partial charge is 0.322 e. The Kier molecular flexibility index (Phi) is 4.36. The molecule has 118 valence electrons. The van der Waals surface area contributed by atoms with Crippen LogP contribution in [0.3, 0.4) is 0 Å². The summed E-state index contributed by atoms with van der Waals surface area (Å²) in [6, 6.07) is -1.05. The zero-order chi connectivity index (χ0) is 15.9. The molecule has 0 bridgehead atoms. The number of rotatable bonds is 4. The second-order valence-electron chi connectivity index (χ2n) is 5.39. The Balaban J connectivity index is 2.49. The third-order valence-electron chi connectivity index (χ3n) is 3.47. The third-order valence-corrected chi connectivity index (χ3v) is 6.98. The van der Waals surface area contributed by atoms with Gasteiger partial charge in [-0.2, -0.15) is 4.31 Å². The van der Waals surface area contributed by atoms with E-state index in [-0.39, 0.29) is 16.7 Å². The van der Waals surface area contributed by atoms with E-state index in [9.17, 15) is 18.3 Å². The van der Waals surface area contributed by atoms with Crippen molar-refractivity contribution in [3.63, 3.8) is 0 Å². The van der Waals surface area contributed by atoms with Gasteiger partial charge in [0.05, 0.1) is 5.37 Å². The topological polar surface area (TPSA) is 92.5 Å². The molecule has 0 saturated carbocycles. The highest BCUT2D eigenvalue weighted by atomic mass is 32.2. The molecule has 1 N–H and O–H groups in total. The van der Waals surface area contributed by atoms with Crippen LogP contribution in [-0.4, -0.2) is 50.5 Å². The molecule has 7 nitrogen and oxygen atoms in total. The van der Waals surface area contributed by atoms with Crippen LogP contribution >= 0.6 is 11.8 Å². The molecule has 21 heavy (non-hydrogen) atoms. The number of aryl methyl sites for hydroxylation is 2. The largest absolute Gasteiger partial charge is 0.480 e. The molecule has 0 aromatic carbocycles. The highest BCUT2D eigenvalue weighted by molar-refractivity contribution is 8.01. The van der Waals surface area contributed by atoms with E-state index in [1.54, 1.807) is 18.5 Å². The summed E-state index contributed by atoms with van der Waals surface area (Å²) in [7, 11) is -2.23. The maximum absolute atomic E-state index is 12.8. The van der Waals surface area contributed by atoms with Crippen molar-refractivity contribution in [2.75, 3.05) is 5.75 Å². The van der Waals surface area contributed by atoms with Crippen molar-refractivity contribution in [2.45, 2.75) is 37.2 Å². The Morgan fingerprint density at radius 1 is 1.52 bits per heavy atom. The van der Waals surface area contributed by atoms with Crippen LogP contribution in [0, 0.1) is 12.8 Å². The molecular formula is C12H19N3O4S2. The Morgan fingerprint density at radius 2 is 2.14 bits per heavy atom. The monoisotopic (exact) mass is 333 g/mol. The maximum Gasteiger partial charge on any atom is 0.322 e. The van der Waals surface area contributed by atoms with Gasteiger partial charge in [-0.05, 0) is 12.8 Å². The van der Waals surface area contributed by atoms with Gasteiger partial charge in [-0.3, -0.25) is 4.79 Å². The first-order chi connectivity index (χ1) is 9.66. The lowest BCUT2D eigenvalue weighted by Gasteiger charge is -2.27. The van der Waals surface area contributed by atoms with Crippen LogP contribution in [0.25, 0.3) is 0 Å². The molecule has 1 fully saturated rings. The van der Waals surface area contributed by atoms with Gasteiger partial charge in [-0.1, -0.05) is 13.8 Å². The minimum atomic E-state index is -3.93. The van der Waals surface area contributed by atoms with Crippen LogP contribution in [0.4, 0.5) is 0 Å². The summed E-state index contributed by atoms with van der Waals surface area (Å²) in [5.41, 5.74) is 0. The molecule has 1 aromatic heterocycles. The van der Waals surface area contributed by atoms with Crippen LogP contribution in [0.15, 0.2) is 11.2 Å². The molecule has 1 aliphatic heterocycles. The number of imidazole rings is 1. The number of carbonyl (C=O) groups is 1. The van der Waals surface area contributed by atoms with Crippen molar-refractivity contribution in [1.29, 1.82) is 0 Å². The van der Waals surface area contributed by atoms with Crippen LogP contribution in [0.2, 0.25) is 0 Å². The van der Waals surface area contributed by atoms with Crippen molar-refractivity contribution >= 4 is 27.8 Å². The highest BCUT2D eigenvalue weighted by Crippen LogP contribution is 2.38. The van der Waals surface area contributed by atoms with E-state index < -0.39 is 27.4 Å². The molecule has 2 heterocycles. The molecule has 1 aliphatic rings. The summed E-state index contributed by atoms with van der Waals surface area (Å²) in [5, 5.41) is 8.82. The van der Waals surface area contributed by atoms with E-state index in [1.165, 1.54) is 18.0 Å². The maximum atomic E-state index is 12.8. The van der Waals surface area contributed by atoms with Crippen molar-refractivity contribution < 1.29 is 18.3 Å². The predicted molar refractivity (Wildman–Crippen MR) is 79.5 cm³/mol. The molecule has 9 heteroatoms. The standard InChI is InChI=1S/C12H19N3O4S2/c1-7(2)11-15(9(6-20-11)12(16)17)21(18,19)10-5-14(4)8(3)13-10/h5,7,9,11H,6H2,1-4H3,(H,16,17). The number of nitrogens with zero attached hydrogens (tertiary/aromatic N) is 3. The van der Waals surface area contributed by atoms with E-state index in [4.69, 9.17) is 0 Å². The van der Waals surface area contributed by atoms with Gasteiger partial charge in [0.1, 0.15) is 11.9 Å². The molecule has 0 spiro atoms. The van der Waals surface area contributed by atoms with Gasteiger partial charge in [0.25, 0.3) is 10.0 Å². The zero-order valence-electron chi connectivity index (χ0n) is 12.3. The molecule has 2 unspecified atom stereocenters. The van der Waals surface area contributed by atoms with Crippen LogP contribution < -0.4 is 0 Å². The minimum Gasteiger partial charge on any atom is -0.480 e. The Hall–Kier alpha value is -1.06. The zero-order valence-corrected chi connectivity index (χ0v) is 14.0. The van der Waals surface area contributed by atoms with E-state index in [1.807, 2.05) is 13.8 Å². The predicted octanol–water partition coefficient (Wildman–Crippen LogP) is 0.901. The normalized spacial score (nSPS) is 23.9. The molecule has 2 atom stereocenters. The lowest BCUT2D eigenvalue weighted by molar-refractivity contribution is -0.140. The number of carboxylic acids is 1. The average Bonchev–Trinajstić information content (AvgIpc) is 2.94. The van der Waals surface area contributed by atoms with E-state index in [0.717, 1.165) is 4.31 Å². The van der Waals surface area contributed by atoms with Gasteiger partial charge in [0.2, 0.25) is 0 Å². The molecule has 2 rings (SSSR count). The van der Waals surface area contributed by atoms with Crippen LogP contribution in [0.1, 0.15) is 19.7 Å². The first-order valence-corrected chi connectivity index (χ1v) is 9.03. The fourth-order valence-corrected chi connectivity index (χ4v) is 5.99. The third kappa shape index (κ3) is 2.82. The van der Waals surface area contributed by atoms with Gasteiger partial charge in [0, 0.05) is 19.0 Å². The van der Waals surface area contributed by atoms with E-state index in [0.29, 0.717) is 5.82 Å². The fourth-order valence-electron chi connectivity index (χ4n) is 2.24. The van der Waals surface area contributed by atoms with Gasteiger partial charge < -0.3 is 9.67 Å². The molecule has 1 saturated heterocycles. The highest BCUT2D eigenvalue weighted by Gasteiger charge is 2.48. The summed E-state index contributed by atoms with van der Waals surface area (Å²) >= 11 is 1.36. The second kappa shape index (κ2) is 5.62. The molecular weight excluding hydrogens is 314 g/mol. The fraction of sp³-hybridized carbons (Fsp3) is 0.667. The first-order valence-electron chi connectivity index (χ1n) is 6.54. The SMILES string of the molecule is Cc1nc(S(=O)(=O)N2C(C(=O)O)CSC2C(C)C)cn1C. The Bertz CT molecular complexity index is 634. The molecule has 0 aliphatic carbocycles. The number of carboxylic acid groups (broad SMARTS) is 1. The lowest BCUT2D eigenvalue weighted by atomic mass is 10.2. The van der Waals surface area contributed by atoms with E-state index in [2.05, 4.69) is 4.98 Å². The van der Waals surface area contributed by atoms with Crippen molar-refractivity contribution in [3.8, 4) is 0 Å². The summed E-state index contributed by atoms with van der Waals surface area (Å²) in [5.74, 6) is -0.294. The molecule has 0 amide bonds. The quantitative estimate of drug-likeness (QED) is 0.880. The van der Waals surface area contributed by atoms with E-state index >= 15 is 0 Å². The Morgan fingerprint density at radius 3 is 2.57 bits per heavy atom. The number of aliphatic carboxylic acids is 1. The number of hydrogen-bond donors (Lipinski definition) is 1. The number of aromatic nitrogens is 2. The lowest BCUT2D eigenvalue weighted by Crippen LogP contribution is -2.47. The summed E-state index contributed by atoms with van der Waals surface area (Å²) < 4.78 is 28.3. The second-order valence-corrected chi connectivity index (χ2v) is 8.33. The van der Waals surface area contributed by atoms with Gasteiger partial charge in [-0.25, -0.2) is 13.4 Å². The number of thioether (sulfide) groups is 1. The van der Waals surface area contributed by atoms with Crippen LogP contribution in [0.5, 0.6) is 0 Å². The molecule has 0 radical (unpaired) electrons. The Labute approximate surface area is 128 Å². The summed E-state index contributed by atoms with van der Waals surface area (Å²) in [4.78, 5) is 15.4. The van der Waals surface area contributed by atoms with Crippen molar-refractivity contribution in [1.82, 2.24) is 13.9 Å². The van der Waals surface area contributed by atoms with Gasteiger partial charge in [-0.15, -0.1) is 11.8 Å². The van der Waals surface area contributed by atoms with Gasteiger partial charge in [0.15, 0.2) is 5.03 Å². The molecule has 1 aromatic rings.